The lowest BCUT2D eigenvalue weighted by atomic mass is 10.3. The van der Waals surface area contributed by atoms with E-state index in [1.165, 1.54) is 19.1 Å². The quantitative estimate of drug-likeness (QED) is 0.504. The summed E-state index contributed by atoms with van der Waals surface area (Å²) in [4.78, 5) is 10.9. The number of aliphatic hydroxyl groups excluding tert-OH is 2. The van der Waals surface area contributed by atoms with E-state index in [0.29, 0.717) is 16.5 Å². The molecule has 0 saturated heterocycles. The van der Waals surface area contributed by atoms with Crippen molar-refractivity contribution < 1.29 is 25.0 Å². The van der Waals surface area contributed by atoms with Gasteiger partial charge in [-0.3, -0.25) is 10.0 Å². The average molecular weight is 241 g/mol. The molecular weight excluding hydrogens is 226 g/mol. The van der Waals surface area contributed by atoms with Crippen LogP contribution in [0, 0.1) is 0 Å². The summed E-state index contributed by atoms with van der Waals surface area (Å²) < 4.78 is 5.16. The molecule has 0 saturated carbocycles. The molecule has 0 aliphatic heterocycles. The van der Waals surface area contributed by atoms with Crippen LogP contribution in [0.4, 0.5) is 5.69 Å². The highest BCUT2D eigenvalue weighted by atomic mass is 16.5. The molecule has 17 heavy (non-hydrogen) atoms. The first-order valence-electron chi connectivity index (χ1n) is 5.06. The van der Waals surface area contributed by atoms with Crippen LogP contribution in [0.5, 0.6) is 5.75 Å². The van der Waals surface area contributed by atoms with Crippen LogP contribution in [0.25, 0.3) is 0 Å². The van der Waals surface area contributed by atoms with Crippen LogP contribution in [0.3, 0.4) is 0 Å². The molecule has 1 amide bonds. The van der Waals surface area contributed by atoms with Crippen LogP contribution in [-0.2, 0) is 4.79 Å². The van der Waals surface area contributed by atoms with Gasteiger partial charge in [-0.05, 0) is 24.3 Å². The van der Waals surface area contributed by atoms with Gasteiger partial charge in [0.2, 0.25) is 5.91 Å². The summed E-state index contributed by atoms with van der Waals surface area (Å²) in [7, 11) is 0. The van der Waals surface area contributed by atoms with Crippen molar-refractivity contribution >= 4 is 11.6 Å². The molecule has 1 unspecified atom stereocenters. The van der Waals surface area contributed by atoms with Gasteiger partial charge in [0.1, 0.15) is 18.5 Å². The number of ether oxygens (including phenoxy) is 1. The molecule has 0 aliphatic rings. The average Bonchev–Trinajstić information content (AvgIpc) is 2.35. The number of aliphatic hydroxyl groups is 2. The Bertz CT molecular complexity index is 365. The minimum atomic E-state index is -0.929. The molecule has 0 bridgehead atoms. The van der Waals surface area contributed by atoms with E-state index < -0.39 is 12.0 Å². The van der Waals surface area contributed by atoms with E-state index in [1.807, 2.05) is 0 Å². The topological polar surface area (TPSA) is 90.2 Å². The predicted octanol–water partition coefficient (Wildman–Crippen LogP) is 0.161. The Morgan fingerprint density at radius 3 is 2.47 bits per heavy atom. The molecule has 0 heterocycles. The Hall–Kier alpha value is -1.63. The third-order valence-corrected chi connectivity index (χ3v) is 2.03. The Labute approximate surface area is 98.6 Å². The standard InChI is InChI=1S/C11H15NO5/c1-8(14)12(16)9-2-4-11(5-3-9)17-7-10(15)6-13/h2-5,10,13,15-16H,6-7H2,1H3. The lowest BCUT2D eigenvalue weighted by molar-refractivity contribution is -0.121. The zero-order chi connectivity index (χ0) is 12.8. The Morgan fingerprint density at radius 2 is 2.00 bits per heavy atom. The molecule has 3 N–H and O–H groups in total. The maximum atomic E-state index is 10.9. The first kappa shape index (κ1) is 13.4. The summed E-state index contributed by atoms with van der Waals surface area (Å²) in [6.07, 6.45) is -0.929. The first-order chi connectivity index (χ1) is 8.04. The number of hydrogen-bond acceptors (Lipinski definition) is 5. The van der Waals surface area contributed by atoms with Gasteiger partial charge in [0.25, 0.3) is 0 Å². The number of nitrogens with zero attached hydrogens (tertiary/aromatic N) is 1. The lowest BCUT2D eigenvalue weighted by Crippen LogP contribution is -2.23. The summed E-state index contributed by atoms with van der Waals surface area (Å²) in [6, 6.07) is 6.10. The number of amides is 1. The second-order valence-corrected chi connectivity index (χ2v) is 3.47. The summed E-state index contributed by atoms with van der Waals surface area (Å²) >= 11 is 0. The van der Waals surface area contributed by atoms with Gasteiger partial charge >= 0.3 is 0 Å². The molecule has 0 fully saturated rings. The molecule has 6 nitrogen and oxygen atoms in total. The molecule has 0 aromatic heterocycles. The fourth-order valence-corrected chi connectivity index (χ4v) is 1.11. The third-order valence-electron chi connectivity index (χ3n) is 2.03. The van der Waals surface area contributed by atoms with E-state index in [9.17, 15) is 10.0 Å². The van der Waals surface area contributed by atoms with Gasteiger partial charge in [-0.2, -0.15) is 5.06 Å². The fourth-order valence-electron chi connectivity index (χ4n) is 1.11. The number of hydrogen-bond donors (Lipinski definition) is 3. The monoisotopic (exact) mass is 241 g/mol. The van der Waals surface area contributed by atoms with E-state index >= 15 is 0 Å². The van der Waals surface area contributed by atoms with Gasteiger partial charge in [-0.15, -0.1) is 0 Å². The highest BCUT2D eigenvalue weighted by molar-refractivity contribution is 5.88. The molecule has 1 aromatic rings. The van der Waals surface area contributed by atoms with Gasteiger partial charge in [0.15, 0.2) is 0 Å². The second kappa shape index (κ2) is 6.19. The molecule has 0 spiro atoms. The van der Waals surface area contributed by atoms with Crippen molar-refractivity contribution in [1.29, 1.82) is 0 Å². The smallest absolute Gasteiger partial charge is 0.247 e. The Morgan fingerprint density at radius 1 is 1.41 bits per heavy atom. The highest BCUT2D eigenvalue weighted by Crippen LogP contribution is 2.18. The van der Waals surface area contributed by atoms with Crippen LogP contribution in [0.1, 0.15) is 6.92 Å². The molecular formula is C11H15NO5. The van der Waals surface area contributed by atoms with Crippen LogP contribution in [-0.4, -0.2) is 40.6 Å². The van der Waals surface area contributed by atoms with E-state index in [0.717, 1.165) is 0 Å². The predicted molar refractivity (Wildman–Crippen MR) is 60.0 cm³/mol. The number of rotatable bonds is 5. The molecule has 1 atom stereocenters. The maximum absolute atomic E-state index is 10.9. The van der Waals surface area contributed by atoms with E-state index in [1.54, 1.807) is 12.1 Å². The van der Waals surface area contributed by atoms with Crippen molar-refractivity contribution in [3.05, 3.63) is 24.3 Å². The number of hydroxylamine groups is 1. The molecule has 1 rings (SSSR count). The van der Waals surface area contributed by atoms with Crippen molar-refractivity contribution in [1.82, 2.24) is 0 Å². The number of anilines is 1. The normalized spacial score (nSPS) is 12.0. The first-order valence-corrected chi connectivity index (χ1v) is 5.06. The van der Waals surface area contributed by atoms with Crippen LogP contribution >= 0.6 is 0 Å². The SMILES string of the molecule is CC(=O)N(O)c1ccc(OCC(O)CO)cc1. The Balaban J connectivity index is 2.59. The second-order valence-electron chi connectivity index (χ2n) is 3.47. The van der Waals surface area contributed by atoms with Crippen LogP contribution in [0.2, 0.25) is 0 Å². The minimum Gasteiger partial charge on any atom is -0.491 e. The number of benzene rings is 1. The summed E-state index contributed by atoms with van der Waals surface area (Å²) in [5.74, 6) is -0.0208. The van der Waals surface area contributed by atoms with Gasteiger partial charge < -0.3 is 14.9 Å². The van der Waals surface area contributed by atoms with Gasteiger partial charge in [0, 0.05) is 6.92 Å². The van der Waals surface area contributed by atoms with E-state index in [-0.39, 0.29) is 13.2 Å². The third kappa shape index (κ3) is 4.03. The Kier molecular flexibility index (Phi) is 4.89. The zero-order valence-electron chi connectivity index (χ0n) is 9.41. The highest BCUT2D eigenvalue weighted by Gasteiger charge is 2.08. The maximum Gasteiger partial charge on any atom is 0.247 e. The molecule has 1 aromatic carbocycles. The molecule has 0 radical (unpaired) electrons. The van der Waals surface area contributed by atoms with Crippen molar-refractivity contribution in [2.45, 2.75) is 13.0 Å². The van der Waals surface area contributed by atoms with Gasteiger partial charge in [-0.25, -0.2) is 0 Å². The number of carbonyl (C=O) groups excluding carboxylic acids is 1. The molecule has 94 valence electrons. The van der Waals surface area contributed by atoms with Gasteiger partial charge in [0.05, 0.1) is 12.3 Å². The van der Waals surface area contributed by atoms with Crippen molar-refractivity contribution in [3.63, 3.8) is 0 Å². The van der Waals surface area contributed by atoms with E-state index in [2.05, 4.69) is 0 Å². The number of carbonyl (C=O) groups is 1. The zero-order valence-corrected chi connectivity index (χ0v) is 9.41. The summed E-state index contributed by atoms with van der Waals surface area (Å²) in [6.45, 7) is 0.847. The molecule has 0 aliphatic carbocycles. The van der Waals surface area contributed by atoms with Crippen LogP contribution in [0.15, 0.2) is 24.3 Å². The van der Waals surface area contributed by atoms with E-state index in [4.69, 9.17) is 14.9 Å². The summed E-state index contributed by atoms with van der Waals surface area (Å²) in [5.41, 5.74) is 0.326. The van der Waals surface area contributed by atoms with Gasteiger partial charge in [-0.1, -0.05) is 0 Å². The fraction of sp³-hybridized carbons (Fsp3) is 0.364. The van der Waals surface area contributed by atoms with Crippen LogP contribution < -0.4 is 9.80 Å². The lowest BCUT2D eigenvalue weighted by Gasteiger charge is -2.14. The molecule has 6 heteroatoms. The van der Waals surface area contributed by atoms with Crippen molar-refractivity contribution in [3.8, 4) is 5.75 Å². The van der Waals surface area contributed by atoms with Crippen molar-refractivity contribution in [2.75, 3.05) is 18.3 Å². The minimum absolute atomic E-state index is 0.0224. The summed E-state index contributed by atoms with van der Waals surface area (Å²) in [5, 5.41) is 27.5. The van der Waals surface area contributed by atoms with Crippen molar-refractivity contribution in [2.24, 2.45) is 0 Å². The largest absolute Gasteiger partial charge is 0.491 e.